The molecule has 5 nitrogen and oxygen atoms in total. The summed E-state index contributed by atoms with van der Waals surface area (Å²) in [4.78, 5) is 11.7. The molecule has 0 saturated carbocycles. The molecular formula is C15H24N2O3. The van der Waals surface area contributed by atoms with E-state index in [0.29, 0.717) is 11.3 Å². The van der Waals surface area contributed by atoms with Crippen LogP contribution in [0, 0.1) is 0 Å². The van der Waals surface area contributed by atoms with Crippen molar-refractivity contribution in [2.75, 3.05) is 12.4 Å². The number of anilines is 1. The van der Waals surface area contributed by atoms with Crippen molar-refractivity contribution >= 4 is 11.8 Å². The summed E-state index contributed by atoms with van der Waals surface area (Å²) in [6.07, 6.45) is -0.517. The molecule has 0 saturated heterocycles. The molecule has 0 bridgehead atoms. The first-order valence-electron chi connectivity index (χ1n) is 6.57. The third-order valence-electron chi connectivity index (χ3n) is 2.94. The lowest BCUT2D eigenvalue weighted by Crippen LogP contribution is -2.33. The first-order valence-corrected chi connectivity index (χ1v) is 6.57. The number of benzene rings is 1. The fourth-order valence-electron chi connectivity index (χ4n) is 1.67. The van der Waals surface area contributed by atoms with Crippen LogP contribution in [0.15, 0.2) is 18.2 Å². The fraction of sp³-hybridized carbons (Fsp3) is 0.533. The minimum atomic E-state index is -0.548. The maximum absolute atomic E-state index is 11.7. The number of hydrogen-bond donors (Lipinski definition) is 3. The van der Waals surface area contributed by atoms with Crippen LogP contribution in [-0.2, 0) is 10.3 Å². The van der Waals surface area contributed by atoms with Crippen molar-refractivity contribution in [1.29, 1.82) is 0 Å². The molecule has 1 amide bonds. The molecule has 0 aliphatic rings. The molecule has 1 aromatic rings. The van der Waals surface area contributed by atoms with Gasteiger partial charge in [0.2, 0.25) is 0 Å². The van der Waals surface area contributed by atoms with Gasteiger partial charge in [0.25, 0.3) is 0 Å². The van der Waals surface area contributed by atoms with E-state index < -0.39 is 17.2 Å². The minimum Gasteiger partial charge on any atom is -0.508 e. The van der Waals surface area contributed by atoms with Crippen LogP contribution >= 0.6 is 0 Å². The van der Waals surface area contributed by atoms with Gasteiger partial charge in [-0.15, -0.1) is 0 Å². The molecule has 3 N–H and O–H groups in total. The topological polar surface area (TPSA) is 70.6 Å². The standard InChI is InChI=1S/C15H24N2O3/c1-14(2,3)20-13(19)17-10-7-8-12(18)11(9-10)15(4,5)16-6/h7-9,16,18H,1-6H3,(H,17,19). The highest BCUT2D eigenvalue weighted by Crippen LogP contribution is 2.31. The molecule has 1 rings (SSSR count). The highest BCUT2D eigenvalue weighted by molar-refractivity contribution is 5.85. The predicted molar refractivity (Wildman–Crippen MR) is 80.0 cm³/mol. The number of phenolic OH excluding ortho intramolecular Hbond substituents is 1. The van der Waals surface area contributed by atoms with Crippen LogP contribution in [0.25, 0.3) is 0 Å². The van der Waals surface area contributed by atoms with E-state index >= 15 is 0 Å². The monoisotopic (exact) mass is 280 g/mol. The molecule has 0 aliphatic carbocycles. The summed E-state index contributed by atoms with van der Waals surface area (Å²) in [5.74, 6) is 0.180. The van der Waals surface area contributed by atoms with Crippen LogP contribution in [0.1, 0.15) is 40.2 Å². The Kier molecular flexibility index (Phi) is 4.65. The lowest BCUT2D eigenvalue weighted by Gasteiger charge is -2.26. The lowest BCUT2D eigenvalue weighted by molar-refractivity contribution is 0.0636. The first-order chi connectivity index (χ1) is 9.05. The largest absolute Gasteiger partial charge is 0.508 e. The van der Waals surface area contributed by atoms with Gasteiger partial charge in [-0.2, -0.15) is 0 Å². The number of ether oxygens (including phenoxy) is 1. The van der Waals surface area contributed by atoms with Gasteiger partial charge in [-0.25, -0.2) is 4.79 Å². The number of aromatic hydroxyl groups is 1. The molecule has 0 heterocycles. The molecular weight excluding hydrogens is 256 g/mol. The number of nitrogens with one attached hydrogen (secondary N) is 2. The number of hydrogen-bond acceptors (Lipinski definition) is 4. The minimum absolute atomic E-state index is 0.180. The van der Waals surface area contributed by atoms with Crippen LogP contribution in [0.3, 0.4) is 0 Å². The smallest absolute Gasteiger partial charge is 0.412 e. The van der Waals surface area contributed by atoms with Crippen molar-refractivity contribution in [3.8, 4) is 5.75 Å². The molecule has 0 unspecified atom stereocenters. The van der Waals surface area contributed by atoms with Gasteiger partial charge in [-0.3, -0.25) is 5.32 Å². The first kappa shape index (κ1) is 16.3. The van der Waals surface area contributed by atoms with Crippen LogP contribution in [0.4, 0.5) is 10.5 Å². The number of carbonyl (C=O) groups is 1. The Balaban J connectivity index is 2.94. The van der Waals surface area contributed by atoms with Crippen LogP contribution in [0.2, 0.25) is 0 Å². The van der Waals surface area contributed by atoms with Gasteiger partial charge >= 0.3 is 6.09 Å². The Bertz CT molecular complexity index is 490. The Hall–Kier alpha value is -1.75. The zero-order valence-electron chi connectivity index (χ0n) is 13.0. The van der Waals surface area contributed by atoms with E-state index in [1.165, 1.54) is 0 Å². The summed E-state index contributed by atoms with van der Waals surface area (Å²) in [6.45, 7) is 9.30. The summed E-state index contributed by atoms with van der Waals surface area (Å²) in [7, 11) is 1.81. The van der Waals surface area contributed by atoms with E-state index in [2.05, 4.69) is 10.6 Å². The second-order valence-electron chi connectivity index (χ2n) is 6.23. The van der Waals surface area contributed by atoms with E-state index in [1.54, 1.807) is 39.0 Å². The van der Waals surface area contributed by atoms with Gasteiger partial charge < -0.3 is 15.2 Å². The van der Waals surface area contributed by atoms with Gasteiger partial charge in [0.05, 0.1) is 0 Å². The Labute approximate surface area is 120 Å². The van der Waals surface area contributed by atoms with E-state index in [-0.39, 0.29) is 5.75 Å². The van der Waals surface area contributed by atoms with Gasteiger partial charge in [-0.1, -0.05) is 0 Å². The predicted octanol–water partition coefficient (Wildman–Crippen LogP) is 3.19. The Morgan fingerprint density at radius 2 is 1.80 bits per heavy atom. The maximum Gasteiger partial charge on any atom is 0.412 e. The quantitative estimate of drug-likeness (QED) is 0.744. The highest BCUT2D eigenvalue weighted by Gasteiger charge is 2.23. The third-order valence-corrected chi connectivity index (χ3v) is 2.94. The summed E-state index contributed by atoms with van der Waals surface area (Å²) >= 11 is 0. The summed E-state index contributed by atoms with van der Waals surface area (Å²) in [5.41, 5.74) is 0.327. The average molecular weight is 280 g/mol. The van der Waals surface area contributed by atoms with Crippen LogP contribution in [0.5, 0.6) is 5.75 Å². The molecule has 1 aromatic carbocycles. The van der Waals surface area contributed by atoms with Gasteiger partial charge in [-0.05, 0) is 59.9 Å². The fourth-order valence-corrected chi connectivity index (χ4v) is 1.67. The molecule has 0 radical (unpaired) electrons. The second-order valence-corrected chi connectivity index (χ2v) is 6.23. The molecule has 5 heteroatoms. The summed E-state index contributed by atoms with van der Waals surface area (Å²) in [6, 6.07) is 4.92. The Morgan fingerprint density at radius 3 is 2.30 bits per heavy atom. The molecule has 0 fully saturated rings. The van der Waals surface area contributed by atoms with Gasteiger partial charge in [0.1, 0.15) is 11.4 Å². The average Bonchev–Trinajstić information content (AvgIpc) is 2.29. The number of amides is 1. The zero-order valence-corrected chi connectivity index (χ0v) is 13.0. The second kappa shape index (κ2) is 5.71. The number of carbonyl (C=O) groups excluding carboxylic acids is 1. The molecule has 0 atom stereocenters. The van der Waals surface area contributed by atoms with Crippen molar-refractivity contribution in [1.82, 2.24) is 5.32 Å². The Morgan fingerprint density at radius 1 is 1.20 bits per heavy atom. The normalized spacial score (nSPS) is 12.1. The van der Waals surface area contributed by atoms with E-state index in [1.807, 2.05) is 20.9 Å². The molecule has 0 aliphatic heterocycles. The zero-order chi connectivity index (χ0) is 15.6. The summed E-state index contributed by atoms with van der Waals surface area (Å²) in [5, 5.41) is 15.7. The van der Waals surface area contributed by atoms with Gasteiger partial charge in [0, 0.05) is 16.8 Å². The number of rotatable bonds is 3. The third kappa shape index (κ3) is 4.42. The van der Waals surface area contributed by atoms with E-state index in [4.69, 9.17) is 4.74 Å². The van der Waals surface area contributed by atoms with Crippen LogP contribution in [-0.4, -0.2) is 23.8 Å². The number of phenols is 1. The lowest BCUT2D eigenvalue weighted by atomic mass is 9.93. The van der Waals surface area contributed by atoms with Crippen molar-refractivity contribution in [3.63, 3.8) is 0 Å². The summed E-state index contributed by atoms with van der Waals surface area (Å²) < 4.78 is 5.20. The van der Waals surface area contributed by atoms with Crippen molar-refractivity contribution in [3.05, 3.63) is 23.8 Å². The van der Waals surface area contributed by atoms with Crippen molar-refractivity contribution < 1.29 is 14.6 Å². The molecule has 112 valence electrons. The molecule has 0 spiro atoms. The maximum atomic E-state index is 11.7. The van der Waals surface area contributed by atoms with Crippen LogP contribution < -0.4 is 10.6 Å². The van der Waals surface area contributed by atoms with Crippen molar-refractivity contribution in [2.24, 2.45) is 0 Å². The molecule has 0 aromatic heterocycles. The SMILES string of the molecule is CNC(C)(C)c1cc(NC(=O)OC(C)(C)C)ccc1O. The highest BCUT2D eigenvalue weighted by atomic mass is 16.6. The molecule has 20 heavy (non-hydrogen) atoms. The van der Waals surface area contributed by atoms with E-state index in [9.17, 15) is 9.90 Å². The van der Waals surface area contributed by atoms with Crippen molar-refractivity contribution in [2.45, 2.75) is 45.8 Å². The van der Waals surface area contributed by atoms with E-state index in [0.717, 1.165) is 0 Å². The van der Waals surface area contributed by atoms with Gasteiger partial charge in [0.15, 0.2) is 0 Å².